The van der Waals surface area contributed by atoms with Crippen LogP contribution < -0.4 is 11.1 Å². The van der Waals surface area contributed by atoms with E-state index in [2.05, 4.69) is 15.5 Å². The van der Waals surface area contributed by atoms with Crippen LogP contribution in [0.1, 0.15) is 19.4 Å². The number of amides is 1. The molecule has 1 amide bonds. The molecule has 0 saturated carbocycles. The summed E-state index contributed by atoms with van der Waals surface area (Å²) in [5, 5.41) is 9.19. The molecule has 5 heteroatoms. The number of H-pyrrole nitrogens is 1. The van der Waals surface area contributed by atoms with E-state index in [1.165, 1.54) is 0 Å². The first-order valence-electron chi connectivity index (χ1n) is 4.23. The number of nitrogens with one attached hydrogen (secondary N) is 2. The van der Waals surface area contributed by atoms with Gasteiger partial charge in [-0.1, -0.05) is 6.92 Å². The molecule has 0 spiro atoms. The summed E-state index contributed by atoms with van der Waals surface area (Å²) in [5.41, 5.74) is 6.38. The largest absolute Gasteiger partial charge is 0.320 e. The second kappa shape index (κ2) is 4.04. The van der Waals surface area contributed by atoms with Crippen molar-refractivity contribution in [2.75, 3.05) is 5.32 Å². The Morgan fingerprint density at radius 1 is 1.85 bits per heavy atom. The van der Waals surface area contributed by atoms with Crippen molar-refractivity contribution in [3.8, 4) is 0 Å². The second-order valence-electron chi connectivity index (χ2n) is 2.90. The van der Waals surface area contributed by atoms with Crippen molar-refractivity contribution in [3.63, 3.8) is 0 Å². The summed E-state index contributed by atoms with van der Waals surface area (Å²) in [5.74, 6) is 0.434. The number of anilines is 1. The van der Waals surface area contributed by atoms with Gasteiger partial charge < -0.3 is 11.1 Å². The first-order chi connectivity index (χ1) is 6.15. The lowest BCUT2D eigenvalue weighted by molar-refractivity contribution is -0.117. The average Bonchev–Trinajstić information content (AvgIpc) is 2.51. The second-order valence-corrected chi connectivity index (χ2v) is 2.90. The van der Waals surface area contributed by atoms with Crippen molar-refractivity contribution < 1.29 is 4.79 Å². The van der Waals surface area contributed by atoms with Crippen molar-refractivity contribution in [1.29, 1.82) is 0 Å². The molecule has 72 valence electrons. The Morgan fingerprint density at radius 3 is 3.08 bits per heavy atom. The number of aryl methyl sites for hydroxylation is 1. The van der Waals surface area contributed by atoms with Crippen molar-refractivity contribution in [1.82, 2.24) is 10.2 Å². The number of rotatable bonds is 3. The van der Waals surface area contributed by atoms with Crippen LogP contribution in [0, 0.1) is 0 Å². The van der Waals surface area contributed by atoms with Gasteiger partial charge in [-0.2, -0.15) is 5.10 Å². The number of hydrogen-bond donors (Lipinski definition) is 3. The van der Waals surface area contributed by atoms with E-state index in [-0.39, 0.29) is 5.91 Å². The number of nitrogens with zero attached hydrogens (tertiary/aromatic N) is 1. The molecule has 1 aromatic rings. The predicted molar refractivity (Wildman–Crippen MR) is 50.2 cm³/mol. The number of carbonyl (C=O) groups excluding carboxylic acids is 1. The maximum atomic E-state index is 11.2. The summed E-state index contributed by atoms with van der Waals surface area (Å²) in [6.07, 6.45) is 2.52. The molecule has 0 aliphatic rings. The van der Waals surface area contributed by atoms with Crippen LogP contribution in [0.5, 0.6) is 0 Å². The van der Waals surface area contributed by atoms with Gasteiger partial charge in [0.1, 0.15) is 5.82 Å². The molecule has 1 heterocycles. The van der Waals surface area contributed by atoms with Gasteiger partial charge in [-0.3, -0.25) is 9.89 Å². The first kappa shape index (κ1) is 9.73. The SMILES string of the molecule is CCc1cn[nH]c1NC(=O)[C@@H](C)N. The molecule has 0 radical (unpaired) electrons. The number of aromatic nitrogens is 2. The minimum absolute atomic E-state index is 0.209. The molecule has 0 aliphatic carbocycles. The van der Waals surface area contributed by atoms with Gasteiger partial charge in [0, 0.05) is 5.56 Å². The highest BCUT2D eigenvalue weighted by Gasteiger charge is 2.10. The monoisotopic (exact) mass is 182 g/mol. The third-order valence-corrected chi connectivity index (χ3v) is 1.76. The molecule has 4 N–H and O–H groups in total. The Morgan fingerprint density at radius 2 is 2.54 bits per heavy atom. The maximum Gasteiger partial charge on any atom is 0.242 e. The topological polar surface area (TPSA) is 83.8 Å². The summed E-state index contributed by atoms with van der Waals surface area (Å²) < 4.78 is 0. The molecule has 0 aromatic carbocycles. The Bertz CT molecular complexity index is 292. The van der Waals surface area contributed by atoms with E-state index < -0.39 is 6.04 Å². The van der Waals surface area contributed by atoms with Gasteiger partial charge in [0.05, 0.1) is 12.2 Å². The summed E-state index contributed by atoms with van der Waals surface area (Å²) in [4.78, 5) is 11.2. The van der Waals surface area contributed by atoms with Gasteiger partial charge in [-0.15, -0.1) is 0 Å². The van der Waals surface area contributed by atoms with Gasteiger partial charge in [0.15, 0.2) is 0 Å². The fourth-order valence-corrected chi connectivity index (χ4v) is 0.924. The van der Waals surface area contributed by atoms with E-state index in [4.69, 9.17) is 5.73 Å². The van der Waals surface area contributed by atoms with Crippen molar-refractivity contribution in [2.45, 2.75) is 26.3 Å². The quantitative estimate of drug-likeness (QED) is 0.626. The van der Waals surface area contributed by atoms with E-state index >= 15 is 0 Å². The minimum atomic E-state index is -0.506. The van der Waals surface area contributed by atoms with E-state index in [0.29, 0.717) is 5.82 Å². The van der Waals surface area contributed by atoms with Crippen LogP contribution in [0.4, 0.5) is 5.82 Å². The minimum Gasteiger partial charge on any atom is -0.320 e. The molecular formula is C8H14N4O. The summed E-state index contributed by atoms with van der Waals surface area (Å²) in [6.45, 7) is 3.63. The molecule has 1 atom stereocenters. The Labute approximate surface area is 76.7 Å². The number of carbonyl (C=O) groups is 1. The van der Waals surface area contributed by atoms with E-state index in [1.807, 2.05) is 6.92 Å². The molecule has 0 saturated heterocycles. The summed E-state index contributed by atoms with van der Waals surface area (Å²) >= 11 is 0. The van der Waals surface area contributed by atoms with E-state index in [0.717, 1.165) is 12.0 Å². The third-order valence-electron chi connectivity index (χ3n) is 1.76. The van der Waals surface area contributed by atoms with Gasteiger partial charge >= 0.3 is 0 Å². The molecule has 0 aliphatic heterocycles. The normalized spacial score (nSPS) is 12.5. The van der Waals surface area contributed by atoms with Gasteiger partial charge in [-0.05, 0) is 13.3 Å². The van der Waals surface area contributed by atoms with Crippen LogP contribution in [0.25, 0.3) is 0 Å². The van der Waals surface area contributed by atoms with Crippen LogP contribution in [-0.4, -0.2) is 22.1 Å². The lowest BCUT2D eigenvalue weighted by Gasteiger charge is -2.06. The average molecular weight is 182 g/mol. The predicted octanol–water partition coefficient (Wildman–Crippen LogP) is 0.258. The van der Waals surface area contributed by atoms with Crippen LogP contribution in [0.2, 0.25) is 0 Å². The zero-order valence-electron chi connectivity index (χ0n) is 7.79. The smallest absolute Gasteiger partial charge is 0.242 e. The van der Waals surface area contributed by atoms with Crippen molar-refractivity contribution in [3.05, 3.63) is 11.8 Å². The number of hydrogen-bond acceptors (Lipinski definition) is 3. The van der Waals surface area contributed by atoms with Crippen LogP contribution in [0.15, 0.2) is 6.20 Å². The highest BCUT2D eigenvalue weighted by Crippen LogP contribution is 2.10. The molecule has 0 unspecified atom stereocenters. The lowest BCUT2D eigenvalue weighted by atomic mass is 10.2. The molecule has 5 nitrogen and oxygen atoms in total. The maximum absolute atomic E-state index is 11.2. The van der Waals surface area contributed by atoms with Crippen LogP contribution in [0.3, 0.4) is 0 Å². The fraction of sp³-hybridized carbons (Fsp3) is 0.500. The molecule has 13 heavy (non-hydrogen) atoms. The van der Waals surface area contributed by atoms with Crippen LogP contribution in [-0.2, 0) is 11.2 Å². The van der Waals surface area contributed by atoms with Crippen LogP contribution >= 0.6 is 0 Å². The zero-order valence-corrected chi connectivity index (χ0v) is 7.79. The Hall–Kier alpha value is -1.36. The lowest BCUT2D eigenvalue weighted by Crippen LogP contribution is -2.32. The summed E-state index contributed by atoms with van der Waals surface area (Å²) in [6, 6.07) is -0.506. The van der Waals surface area contributed by atoms with E-state index in [1.54, 1.807) is 13.1 Å². The highest BCUT2D eigenvalue weighted by molar-refractivity contribution is 5.94. The molecule has 1 rings (SSSR count). The van der Waals surface area contributed by atoms with Crippen molar-refractivity contribution >= 4 is 11.7 Å². The molecule has 1 aromatic heterocycles. The van der Waals surface area contributed by atoms with Gasteiger partial charge in [-0.25, -0.2) is 0 Å². The third kappa shape index (κ3) is 2.29. The molecular weight excluding hydrogens is 168 g/mol. The van der Waals surface area contributed by atoms with Gasteiger partial charge in [0.25, 0.3) is 0 Å². The fourth-order valence-electron chi connectivity index (χ4n) is 0.924. The summed E-state index contributed by atoms with van der Waals surface area (Å²) in [7, 11) is 0. The first-order valence-corrected chi connectivity index (χ1v) is 4.23. The highest BCUT2D eigenvalue weighted by atomic mass is 16.2. The zero-order chi connectivity index (χ0) is 9.84. The number of aromatic amines is 1. The van der Waals surface area contributed by atoms with Crippen molar-refractivity contribution in [2.24, 2.45) is 5.73 Å². The standard InChI is InChI=1S/C8H14N4O/c1-3-6-4-10-12-7(6)11-8(13)5(2)9/h4-5H,3,9H2,1-2H3,(H2,10,11,12,13)/t5-/m1/s1. The molecule has 0 fully saturated rings. The van der Waals surface area contributed by atoms with E-state index in [9.17, 15) is 4.79 Å². The number of nitrogens with two attached hydrogens (primary N) is 1. The molecule has 0 bridgehead atoms. The Balaban J connectivity index is 2.68. The Kier molecular flexibility index (Phi) is 3.02. The van der Waals surface area contributed by atoms with Gasteiger partial charge in [0.2, 0.25) is 5.91 Å².